The fourth-order valence-electron chi connectivity index (χ4n) is 2.52. The SMILES string of the molecule is CC(C)(C)OC(=O)N1CCCC1C(=O)c1ccc([N+](=O)[O-])cc1. The van der Waals surface area contributed by atoms with Crippen molar-refractivity contribution >= 4 is 17.6 Å². The van der Waals surface area contributed by atoms with Crippen molar-refractivity contribution in [2.45, 2.75) is 45.3 Å². The van der Waals surface area contributed by atoms with E-state index in [0.29, 0.717) is 18.5 Å². The van der Waals surface area contributed by atoms with Crippen molar-refractivity contribution in [2.75, 3.05) is 6.54 Å². The van der Waals surface area contributed by atoms with Crippen LogP contribution in [0.2, 0.25) is 0 Å². The summed E-state index contributed by atoms with van der Waals surface area (Å²) in [4.78, 5) is 36.4. The number of amides is 1. The molecule has 1 aromatic carbocycles. The van der Waals surface area contributed by atoms with Crippen molar-refractivity contribution in [3.05, 3.63) is 39.9 Å². The molecule has 1 aromatic rings. The van der Waals surface area contributed by atoms with Gasteiger partial charge in [0.15, 0.2) is 5.78 Å². The third-order valence-electron chi connectivity index (χ3n) is 3.55. The maximum absolute atomic E-state index is 12.6. The molecule has 1 aliphatic heterocycles. The van der Waals surface area contributed by atoms with Gasteiger partial charge in [-0.2, -0.15) is 0 Å². The molecule has 7 heteroatoms. The van der Waals surface area contributed by atoms with E-state index in [4.69, 9.17) is 4.74 Å². The summed E-state index contributed by atoms with van der Waals surface area (Å²) < 4.78 is 5.33. The molecule has 1 atom stereocenters. The van der Waals surface area contributed by atoms with Gasteiger partial charge in [0.1, 0.15) is 5.60 Å². The summed E-state index contributed by atoms with van der Waals surface area (Å²) >= 11 is 0. The smallest absolute Gasteiger partial charge is 0.410 e. The molecule has 0 N–H and O–H groups in total. The number of hydrogen-bond donors (Lipinski definition) is 0. The number of hydrogen-bond acceptors (Lipinski definition) is 5. The van der Waals surface area contributed by atoms with Crippen molar-refractivity contribution < 1.29 is 19.2 Å². The Morgan fingerprint density at radius 2 is 1.87 bits per heavy atom. The molecule has 7 nitrogen and oxygen atoms in total. The minimum absolute atomic E-state index is 0.0722. The highest BCUT2D eigenvalue weighted by Crippen LogP contribution is 2.24. The molecule has 23 heavy (non-hydrogen) atoms. The monoisotopic (exact) mass is 320 g/mol. The van der Waals surface area contributed by atoms with Gasteiger partial charge >= 0.3 is 6.09 Å². The fourth-order valence-corrected chi connectivity index (χ4v) is 2.52. The molecule has 1 heterocycles. The molecule has 1 unspecified atom stereocenters. The Morgan fingerprint density at radius 1 is 1.26 bits per heavy atom. The van der Waals surface area contributed by atoms with E-state index in [1.54, 1.807) is 20.8 Å². The molecule has 0 radical (unpaired) electrons. The molecule has 1 aliphatic rings. The first-order chi connectivity index (χ1) is 10.7. The molecule has 1 fully saturated rings. The second-order valence-electron chi connectivity index (χ2n) is 6.50. The molecule has 2 rings (SSSR count). The van der Waals surface area contributed by atoms with Gasteiger partial charge in [0, 0.05) is 24.2 Å². The lowest BCUT2D eigenvalue weighted by Gasteiger charge is -2.28. The third kappa shape index (κ3) is 4.06. The number of non-ortho nitro benzene ring substituents is 1. The molecule has 0 bridgehead atoms. The highest BCUT2D eigenvalue weighted by Gasteiger charge is 2.36. The average Bonchev–Trinajstić information content (AvgIpc) is 2.94. The van der Waals surface area contributed by atoms with Crippen molar-refractivity contribution in [3.8, 4) is 0 Å². The number of Topliss-reactive ketones (excluding diaryl/α,β-unsaturated/α-hetero) is 1. The van der Waals surface area contributed by atoms with Crippen LogP contribution in [0.15, 0.2) is 24.3 Å². The molecule has 0 aromatic heterocycles. The van der Waals surface area contributed by atoms with Crippen molar-refractivity contribution in [2.24, 2.45) is 0 Å². The van der Waals surface area contributed by atoms with Crippen molar-refractivity contribution in [3.63, 3.8) is 0 Å². The highest BCUT2D eigenvalue weighted by molar-refractivity contribution is 6.01. The molecule has 1 saturated heterocycles. The average molecular weight is 320 g/mol. The standard InChI is InChI=1S/C16H20N2O5/c1-16(2,3)23-15(20)17-10-4-5-13(17)14(19)11-6-8-12(9-7-11)18(21)22/h6-9,13H,4-5,10H2,1-3H3. The third-order valence-corrected chi connectivity index (χ3v) is 3.55. The van der Waals surface area contributed by atoms with Gasteiger partial charge in [-0.1, -0.05) is 0 Å². The Bertz CT molecular complexity index is 618. The van der Waals surface area contributed by atoms with Crippen LogP contribution in [0.4, 0.5) is 10.5 Å². The van der Waals surface area contributed by atoms with Crippen molar-refractivity contribution in [1.29, 1.82) is 0 Å². The predicted molar refractivity (Wildman–Crippen MR) is 83.4 cm³/mol. The summed E-state index contributed by atoms with van der Waals surface area (Å²) in [5, 5.41) is 10.7. The highest BCUT2D eigenvalue weighted by atomic mass is 16.6. The van der Waals surface area contributed by atoms with Crippen LogP contribution in [0.1, 0.15) is 44.0 Å². The van der Waals surface area contributed by atoms with E-state index >= 15 is 0 Å². The minimum atomic E-state index is -0.624. The Balaban J connectivity index is 2.14. The summed E-state index contributed by atoms with van der Waals surface area (Å²) in [6.45, 7) is 5.79. The number of nitro groups is 1. The van der Waals surface area contributed by atoms with Gasteiger partial charge in [0.25, 0.3) is 5.69 Å². The Hall–Kier alpha value is -2.44. The second-order valence-corrected chi connectivity index (χ2v) is 6.50. The van der Waals surface area contributed by atoms with E-state index in [1.165, 1.54) is 29.2 Å². The number of likely N-dealkylation sites (tertiary alicyclic amines) is 1. The predicted octanol–water partition coefficient (Wildman–Crippen LogP) is 3.18. The quantitative estimate of drug-likeness (QED) is 0.485. The molecule has 1 amide bonds. The molecular formula is C16H20N2O5. The van der Waals surface area contributed by atoms with E-state index in [1.807, 2.05) is 0 Å². The first-order valence-corrected chi connectivity index (χ1v) is 7.47. The van der Waals surface area contributed by atoms with E-state index < -0.39 is 22.7 Å². The normalized spacial score (nSPS) is 17.9. The van der Waals surface area contributed by atoms with Gasteiger partial charge < -0.3 is 4.74 Å². The van der Waals surface area contributed by atoms with Crippen LogP contribution >= 0.6 is 0 Å². The van der Waals surface area contributed by atoms with Crippen LogP contribution in [-0.2, 0) is 4.74 Å². The second kappa shape index (κ2) is 6.36. The van der Waals surface area contributed by atoms with Gasteiger partial charge in [-0.05, 0) is 45.7 Å². The van der Waals surface area contributed by atoms with Crippen LogP contribution in [0, 0.1) is 10.1 Å². The van der Waals surface area contributed by atoms with Gasteiger partial charge in [-0.25, -0.2) is 4.79 Å². The minimum Gasteiger partial charge on any atom is -0.444 e. The van der Waals surface area contributed by atoms with Gasteiger partial charge in [0.05, 0.1) is 11.0 Å². The lowest BCUT2D eigenvalue weighted by atomic mass is 10.0. The summed E-state index contributed by atoms with van der Waals surface area (Å²) in [5.74, 6) is -0.219. The van der Waals surface area contributed by atoms with E-state index in [9.17, 15) is 19.7 Å². The zero-order valence-electron chi connectivity index (χ0n) is 13.4. The lowest BCUT2D eigenvalue weighted by molar-refractivity contribution is -0.384. The Kier molecular flexibility index (Phi) is 4.68. The Morgan fingerprint density at radius 3 is 2.39 bits per heavy atom. The lowest BCUT2D eigenvalue weighted by Crippen LogP contribution is -2.43. The van der Waals surface area contributed by atoms with Crippen LogP contribution < -0.4 is 0 Å². The summed E-state index contributed by atoms with van der Waals surface area (Å²) in [6.07, 6.45) is 0.785. The zero-order chi connectivity index (χ0) is 17.2. The number of carbonyl (C=O) groups excluding carboxylic acids is 2. The topological polar surface area (TPSA) is 89.8 Å². The molecular weight excluding hydrogens is 300 g/mol. The maximum atomic E-state index is 12.6. The first kappa shape index (κ1) is 16.9. The van der Waals surface area contributed by atoms with Gasteiger partial charge in [0.2, 0.25) is 0 Å². The van der Waals surface area contributed by atoms with Crippen LogP contribution in [0.3, 0.4) is 0 Å². The Labute approximate surface area is 134 Å². The number of nitrogens with zero attached hydrogens (tertiary/aromatic N) is 2. The van der Waals surface area contributed by atoms with E-state index in [0.717, 1.165) is 6.42 Å². The van der Waals surface area contributed by atoms with Crippen LogP contribution in [-0.4, -0.2) is 39.9 Å². The number of ketones is 1. The van der Waals surface area contributed by atoms with Crippen molar-refractivity contribution in [1.82, 2.24) is 4.90 Å². The fraction of sp³-hybridized carbons (Fsp3) is 0.500. The van der Waals surface area contributed by atoms with E-state index in [-0.39, 0.29) is 11.5 Å². The zero-order valence-corrected chi connectivity index (χ0v) is 13.4. The summed E-state index contributed by atoms with van der Waals surface area (Å²) in [7, 11) is 0. The number of benzene rings is 1. The number of rotatable bonds is 3. The van der Waals surface area contributed by atoms with Gasteiger partial charge in [-0.3, -0.25) is 19.8 Å². The van der Waals surface area contributed by atoms with Crippen LogP contribution in [0.5, 0.6) is 0 Å². The number of ether oxygens (including phenoxy) is 1. The molecule has 0 spiro atoms. The number of carbonyl (C=O) groups is 2. The summed E-state index contributed by atoms with van der Waals surface area (Å²) in [5.41, 5.74) is -0.339. The molecule has 0 saturated carbocycles. The molecule has 124 valence electrons. The van der Waals surface area contributed by atoms with E-state index in [2.05, 4.69) is 0 Å². The van der Waals surface area contributed by atoms with Gasteiger partial charge in [-0.15, -0.1) is 0 Å². The largest absolute Gasteiger partial charge is 0.444 e. The molecule has 0 aliphatic carbocycles. The van der Waals surface area contributed by atoms with Crippen LogP contribution in [0.25, 0.3) is 0 Å². The number of nitro benzene ring substituents is 1. The summed E-state index contributed by atoms with van der Waals surface area (Å²) in [6, 6.07) is 4.85. The maximum Gasteiger partial charge on any atom is 0.410 e. The first-order valence-electron chi connectivity index (χ1n) is 7.47.